The average Bonchev–Trinajstić information content (AvgIpc) is 3.43. The van der Waals surface area contributed by atoms with Gasteiger partial charge in [-0.25, -0.2) is 4.79 Å². The summed E-state index contributed by atoms with van der Waals surface area (Å²) in [5.41, 5.74) is 0.938. The number of carbonyl (C=O) groups excluding carboxylic acids is 1. The second-order valence-corrected chi connectivity index (χ2v) is 8.44. The molecule has 2 aromatic rings. The van der Waals surface area contributed by atoms with Crippen molar-refractivity contribution in [1.29, 1.82) is 0 Å². The van der Waals surface area contributed by atoms with Crippen molar-refractivity contribution < 1.29 is 14.3 Å². The molecule has 0 spiro atoms. The van der Waals surface area contributed by atoms with E-state index in [2.05, 4.69) is 11.9 Å². The Kier molecular flexibility index (Phi) is 6.31. The van der Waals surface area contributed by atoms with Crippen molar-refractivity contribution >= 4 is 5.97 Å². The molecule has 0 aromatic heterocycles. The van der Waals surface area contributed by atoms with E-state index in [0.717, 1.165) is 56.3 Å². The van der Waals surface area contributed by atoms with Crippen LogP contribution in [0.2, 0.25) is 0 Å². The number of benzene rings is 2. The molecule has 29 heavy (non-hydrogen) atoms. The molecule has 1 aliphatic carbocycles. The first kappa shape index (κ1) is 20.1. The van der Waals surface area contributed by atoms with E-state index in [1.807, 2.05) is 60.7 Å². The molecule has 2 aromatic carbocycles. The third kappa shape index (κ3) is 4.39. The summed E-state index contributed by atoms with van der Waals surface area (Å²) in [6.07, 6.45) is 5.07. The molecule has 0 N–H and O–H groups in total. The Morgan fingerprint density at radius 2 is 1.66 bits per heavy atom. The van der Waals surface area contributed by atoms with Crippen molar-refractivity contribution in [2.45, 2.75) is 50.4 Å². The van der Waals surface area contributed by atoms with E-state index in [4.69, 9.17) is 9.47 Å². The van der Waals surface area contributed by atoms with E-state index in [1.54, 1.807) is 0 Å². The lowest BCUT2D eigenvalue weighted by atomic mass is 9.79. The average molecular weight is 394 g/mol. The second kappa shape index (κ2) is 9.10. The Bertz CT molecular complexity index is 788. The van der Waals surface area contributed by atoms with E-state index >= 15 is 0 Å². The molecule has 1 saturated heterocycles. The quantitative estimate of drug-likeness (QED) is 0.648. The van der Waals surface area contributed by atoms with E-state index in [-0.39, 0.29) is 18.0 Å². The lowest BCUT2D eigenvalue weighted by molar-refractivity contribution is -0.191. The Morgan fingerprint density at radius 1 is 1.00 bits per heavy atom. The van der Waals surface area contributed by atoms with Crippen molar-refractivity contribution in [3.05, 3.63) is 71.8 Å². The summed E-state index contributed by atoms with van der Waals surface area (Å²) >= 11 is 0. The van der Waals surface area contributed by atoms with Crippen molar-refractivity contribution in [2.24, 2.45) is 5.92 Å². The van der Waals surface area contributed by atoms with E-state index in [9.17, 15) is 4.79 Å². The van der Waals surface area contributed by atoms with Crippen LogP contribution in [0.15, 0.2) is 60.7 Å². The molecule has 1 aliphatic heterocycles. The lowest BCUT2D eigenvalue weighted by Gasteiger charge is -2.38. The zero-order valence-corrected chi connectivity index (χ0v) is 17.3. The molecule has 4 rings (SSSR count). The third-order valence-electron chi connectivity index (χ3n) is 6.37. The first-order valence-electron chi connectivity index (χ1n) is 10.8. The predicted octanol–water partition coefficient (Wildman–Crippen LogP) is 4.54. The molecule has 2 atom stereocenters. The van der Waals surface area contributed by atoms with Gasteiger partial charge in [-0.3, -0.25) is 0 Å². The van der Waals surface area contributed by atoms with E-state index in [1.165, 1.54) is 0 Å². The Morgan fingerprint density at radius 3 is 2.28 bits per heavy atom. The fraction of sp³-hybridized carbons (Fsp3) is 0.480. The second-order valence-electron chi connectivity index (χ2n) is 8.44. The van der Waals surface area contributed by atoms with Gasteiger partial charge in [0.2, 0.25) is 0 Å². The lowest BCUT2D eigenvalue weighted by Crippen LogP contribution is -2.47. The zero-order chi connectivity index (χ0) is 20.1. The normalized spacial score (nSPS) is 22.4. The van der Waals surface area contributed by atoms with Gasteiger partial charge >= 0.3 is 5.97 Å². The van der Waals surface area contributed by atoms with Crippen LogP contribution in [0.1, 0.15) is 43.2 Å². The minimum Gasteiger partial charge on any atom is -0.459 e. The molecule has 0 radical (unpaired) electrons. The molecule has 0 amide bonds. The van der Waals surface area contributed by atoms with Crippen LogP contribution in [-0.4, -0.2) is 37.1 Å². The SMILES string of the molecule is CN1CCC(OC(=O)C(OCc2ccccc2)(c2ccccc2)C2CCCC2)C1. The Hall–Kier alpha value is -2.17. The van der Waals surface area contributed by atoms with Crippen LogP contribution in [0, 0.1) is 5.92 Å². The van der Waals surface area contributed by atoms with Crippen molar-refractivity contribution in [2.75, 3.05) is 20.1 Å². The monoisotopic (exact) mass is 393 g/mol. The van der Waals surface area contributed by atoms with Gasteiger partial charge in [0.25, 0.3) is 0 Å². The van der Waals surface area contributed by atoms with Gasteiger partial charge in [-0.1, -0.05) is 73.5 Å². The molecule has 2 aliphatic rings. The number of likely N-dealkylation sites (tertiary alicyclic amines) is 1. The van der Waals surface area contributed by atoms with Gasteiger partial charge < -0.3 is 14.4 Å². The number of esters is 1. The molecule has 4 heteroatoms. The molecule has 154 valence electrons. The fourth-order valence-electron chi connectivity index (χ4n) is 4.80. The van der Waals surface area contributed by atoms with Gasteiger partial charge in [0.15, 0.2) is 5.60 Å². The highest BCUT2D eigenvalue weighted by Gasteiger charge is 2.51. The van der Waals surface area contributed by atoms with Crippen LogP contribution in [-0.2, 0) is 26.5 Å². The van der Waals surface area contributed by atoms with E-state index < -0.39 is 5.60 Å². The third-order valence-corrected chi connectivity index (χ3v) is 6.37. The van der Waals surface area contributed by atoms with E-state index in [0.29, 0.717) is 6.61 Å². The van der Waals surface area contributed by atoms with Crippen LogP contribution in [0.3, 0.4) is 0 Å². The van der Waals surface area contributed by atoms with Gasteiger partial charge in [-0.05, 0) is 37.4 Å². The maximum atomic E-state index is 13.8. The molecule has 4 nitrogen and oxygen atoms in total. The van der Waals surface area contributed by atoms with Gasteiger partial charge in [0.1, 0.15) is 6.10 Å². The number of likely N-dealkylation sites (N-methyl/N-ethyl adjacent to an activating group) is 1. The fourth-order valence-corrected chi connectivity index (χ4v) is 4.80. The summed E-state index contributed by atoms with van der Waals surface area (Å²) in [7, 11) is 2.07. The van der Waals surface area contributed by atoms with Crippen LogP contribution in [0.25, 0.3) is 0 Å². The number of ether oxygens (including phenoxy) is 2. The number of rotatable bonds is 7. The zero-order valence-electron chi connectivity index (χ0n) is 17.3. The first-order valence-corrected chi connectivity index (χ1v) is 10.8. The topological polar surface area (TPSA) is 38.8 Å². The van der Waals surface area contributed by atoms with Crippen molar-refractivity contribution in [3.8, 4) is 0 Å². The summed E-state index contributed by atoms with van der Waals surface area (Å²) in [5.74, 6) is -0.0768. The standard InChI is InChI=1S/C25H31NO3/c1-26-17-16-23(18-26)29-24(27)25(22-14-8-9-15-22,21-12-6-3-7-13-21)28-19-20-10-4-2-5-11-20/h2-7,10-13,22-23H,8-9,14-19H2,1H3. The van der Waals surface area contributed by atoms with Crippen molar-refractivity contribution in [3.63, 3.8) is 0 Å². The van der Waals surface area contributed by atoms with Crippen LogP contribution in [0.4, 0.5) is 0 Å². The van der Waals surface area contributed by atoms with Crippen LogP contribution >= 0.6 is 0 Å². The minimum atomic E-state index is -1.05. The summed E-state index contributed by atoms with van der Waals surface area (Å²) < 4.78 is 12.7. The highest BCUT2D eigenvalue weighted by Crippen LogP contribution is 2.45. The smallest absolute Gasteiger partial charge is 0.343 e. The molecule has 1 saturated carbocycles. The molecule has 2 fully saturated rings. The summed E-state index contributed by atoms with van der Waals surface area (Å²) in [4.78, 5) is 16.0. The minimum absolute atomic E-state index is 0.0580. The van der Waals surface area contributed by atoms with Gasteiger partial charge in [0, 0.05) is 19.0 Å². The number of hydrogen-bond donors (Lipinski definition) is 0. The number of nitrogens with zero attached hydrogens (tertiary/aromatic N) is 1. The van der Waals surface area contributed by atoms with Gasteiger partial charge in [0.05, 0.1) is 6.61 Å². The summed E-state index contributed by atoms with van der Waals surface area (Å²) in [6, 6.07) is 20.1. The molecule has 1 heterocycles. The predicted molar refractivity (Wildman–Crippen MR) is 113 cm³/mol. The molecule has 2 unspecified atom stereocenters. The van der Waals surface area contributed by atoms with Crippen molar-refractivity contribution in [1.82, 2.24) is 4.90 Å². The van der Waals surface area contributed by atoms with Gasteiger partial charge in [-0.15, -0.1) is 0 Å². The highest BCUT2D eigenvalue weighted by molar-refractivity contribution is 5.82. The maximum absolute atomic E-state index is 13.8. The van der Waals surface area contributed by atoms with Crippen LogP contribution < -0.4 is 0 Å². The first-order chi connectivity index (χ1) is 14.2. The largest absolute Gasteiger partial charge is 0.459 e. The Balaban J connectivity index is 1.67. The van der Waals surface area contributed by atoms with Gasteiger partial charge in [-0.2, -0.15) is 0 Å². The highest BCUT2D eigenvalue weighted by atomic mass is 16.6. The Labute approximate surface area is 173 Å². The maximum Gasteiger partial charge on any atom is 0.343 e. The number of hydrogen-bond acceptors (Lipinski definition) is 4. The molecular weight excluding hydrogens is 362 g/mol. The molecular formula is C25H31NO3. The number of carbonyl (C=O) groups is 1. The summed E-state index contributed by atoms with van der Waals surface area (Å²) in [6.45, 7) is 2.15. The molecule has 0 bridgehead atoms. The summed E-state index contributed by atoms with van der Waals surface area (Å²) in [5, 5.41) is 0. The van der Waals surface area contributed by atoms with Crippen LogP contribution in [0.5, 0.6) is 0 Å².